The number of rotatable bonds is 6. The summed E-state index contributed by atoms with van der Waals surface area (Å²) in [5.41, 5.74) is 12.5. The van der Waals surface area contributed by atoms with Gasteiger partial charge in [0.05, 0.1) is 30.5 Å². The molecule has 0 atom stereocenters. The van der Waals surface area contributed by atoms with Crippen LogP contribution in [0.2, 0.25) is 19.6 Å². The smallest absolute Gasteiger partial charge is 0.216 e. The summed E-state index contributed by atoms with van der Waals surface area (Å²) < 4.78 is 25.9. The largest absolute Gasteiger partial charge is 0.486 e. The van der Waals surface area contributed by atoms with E-state index in [4.69, 9.17) is 17.1 Å². The Balaban J connectivity index is 0.000000196. The number of benzene rings is 4. The van der Waals surface area contributed by atoms with E-state index in [0.29, 0.717) is 5.71 Å². The molecule has 0 spiro atoms. The molecule has 0 unspecified atom stereocenters. The van der Waals surface area contributed by atoms with Gasteiger partial charge in [-0.05, 0) is 84.8 Å². The molecular formula is C49H52IrN4OSi-2. The first-order chi connectivity index (χ1) is 26.9. The molecule has 0 aliphatic carbocycles. The fourth-order valence-electron chi connectivity index (χ4n) is 7.17. The second-order valence-electron chi connectivity index (χ2n) is 16.9. The number of furan rings is 1. The van der Waals surface area contributed by atoms with Crippen LogP contribution in [0, 0.1) is 38.8 Å². The average Bonchev–Trinajstić information content (AvgIpc) is 3.72. The summed E-state index contributed by atoms with van der Waals surface area (Å²) in [6.07, 6.45) is 0.531. The van der Waals surface area contributed by atoms with Crippen LogP contribution in [0.1, 0.15) is 65.3 Å². The van der Waals surface area contributed by atoms with Crippen LogP contribution in [-0.2, 0) is 31.9 Å². The third kappa shape index (κ3) is 8.22. The van der Waals surface area contributed by atoms with Crippen LogP contribution >= 0.6 is 0 Å². The number of aromatic nitrogens is 4. The molecule has 0 aliphatic rings. The standard InChI is InChI=1S/C27H20N3O.C22H32NSi.Ir/c1-16-8-6-9-17(2)24(16)30-23-13-5-4-12-22(23)29-26(30)21-11-7-10-19-20-15-14-18(3)28-27(20)31-25(19)21;1-16(2)12-18-14-20(23-15-21(18)24(6,7)8)17-10-9-11-19(13-17)22(3,4)5;/h4-10,12-15H,1-3H3;9,11,13-16H,12H2,1-8H3;/q2*-1;/i;12D2;. The van der Waals surface area contributed by atoms with Crippen LogP contribution in [0.15, 0.2) is 102 Å². The van der Waals surface area contributed by atoms with E-state index in [1.165, 1.54) is 16.7 Å². The Morgan fingerprint density at radius 1 is 0.839 bits per heavy atom. The topological polar surface area (TPSA) is 56.7 Å². The number of fused-ring (bicyclic) bond motifs is 4. The minimum atomic E-state index is -1.71. The molecule has 4 aromatic carbocycles. The number of pyridine rings is 2. The molecule has 56 heavy (non-hydrogen) atoms. The Kier molecular flexibility index (Phi) is 10.9. The minimum Gasteiger partial charge on any atom is -0.486 e. The molecule has 0 fully saturated rings. The van der Waals surface area contributed by atoms with E-state index < -0.39 is 14.4 Å². The first-order valence-electron chi connectivity index (χ1n) is 20.1. The second kappa shape index (κ2) is 16.1. The maximum Gasteiger partial charge on any atom is 0.216 e. The Bertz CT molecular complexity index is 2750. The van der Waals surface area contributed by atoms with Gasteiger partial charge in [-0.2, -0.15) is 0 Å². The predicted octanol–water partition coefficient (Wildman–Crippen LogP) is 12.3. The molecule has 8 rings (SSSR count). The van der Waals surface area contributed by atoms with Crippen molar-refractivity contribution < 1.29 is 27.3 Å². The first kappa shape index (κ1) is 38.2. The van der Waals surface area contributed by atoms with Gasteiger partial charge in [-0.1, -0.05) is 107 Å². The zero-order valence-electron chi connectivity index (χ0n) is 36.3. The maximum atomic E-state index is 8.69. The molecule has 0 saturated heterocycles. The fraction of sp³-hybridized carbons (Fsp3) is 0.286. The first-order valence-corrected chi connectivity index (χ1v) is 22.6. The van der Waals surface area contributed by atoms with Crippen molar-refractivity contribution in [1.82, 2.24) is 19.5 Å². The van der Waals surface area contributed by atoms with Gasteiger partial charge in [-0.15, -0.1) is 53.6 Å². The Morgan fingerprint density at radius 2 is 1.55 bits per heavy atom. The van der Waals surface area contributed by atoms with Crippen LogP contribution in [-0.4, -0.2) is 27.6 Å². The molecule has 0 N–H and O–H groups in total. The third-order valence-corrected chi connectivity index (χ3v) is 12.0. The molecule has 5 nitrogen and oxygen atoms in total. The predicted molar refractivity (Wildman–Crippen MR) is 233 cm³/mol. The number of hydrogen-bond donors (Lipinski definition) is 0. The summed E-state index contributed by atoms with van der Waals surface area (Å²) in [5.74, 6) is 0.720. The minimum absolute atomic E-state index is 0. The van der Waals surface area contributed by atoms with E-state index in [1.54, 1.807) is 0 Å². The average molecular weight is 935 g/mol. The fourth-order valence-corrected chi connectivity index (χ4v) is 8.58. The van der Waals surface area contributed by atoms with Crippen molar-refractivity contribution in [2.24, 2.45) is 5.92 Å². The molecular weight excluding hydrogens is 881 g/mol. The molecule has 0 bridgehead atoms. The molecule has 4 heterocycles. The summed E-state index contributed by atoms with van der Waals surface area (Å²) >= 11 is 0. The van der Waals surface area contributed by atoms with E-state index in [-0.39, 0.29) is 31.4 Å². The summed E-state index contributed by atoms with van der Waals surface area (Å²) in [6, 6.07) is 37.5. The number of aryl methyl sites for hydroxylation is 3. The molecule has 8 aromatic rings. The van der Waals surface area contributed by atoms with Crippen LogP contribution in [0.3, 0.4) is 0 Å². The van der Waals surface area contributed by atoms with Gasteiger partial charge in [0.2, 0.25) is 5.71 Å². The van der Waals surface area contributed by atoms with Gasteiger partial charge in [0, 0.05) is 45.8 Å². The zero-order chi connectivity index (χ0) is 41.0. The van der Waals surface area contributed by atoms with Gasteiger partial charge in [-0.25, -0.2) is 4.98 Å². The number of nitrogens with zero attached hydrogens (tertiary/aromatic N) is 4. The van der Waals surface area contributed by atoms with Crippen LogP contribution in [0.25, 0.3) is 61.4 Å². The summed E-state index contributed by atoms with van der Waals surface area (Å²) in [4.78, 5) is 14.3. The Hall–Kier alpha value is -4.68. The summed E-state index contributed by atoms with van der Waals surface area (Å²) in [5, 5.41) is 3.13. The number of hydrogen-bond acceptors (Lipinski definition) is 4. The molecule has 4 aromatic heterocycles. The monoisotopic (exact) mass is 935 g/mol. The zero-order valence-corrected chi connectivity index (χ0v) is 37.7. The van der Waals surface area contributed by atoms with Gasteiger partial charge in [0.25, 0.3) is 0 Å². The molecule has 0 aliphatic heterocycles. The van der Waals surface area contributed by atoms with Gasteiger partial charge in [0.15, 0.2) is 0 Å². The summed E-state index contributed by atoms with van der Waals surface area (Å²) in [7, 11) is -1.71. The van der Waals surface area contributed by atoms with Crippen LogP contribution < -0.4 is 5.19 Å². The summed E-state index contributed by atoms with van der Waals surface area (Å²) in [6.45, 7) is 23.4. The molecule has 1 radical (unpaired) electrons. The molecule has 0 saturated carbocycles. The van der Waals surface area contributed by atoms with E-state index in [1.807, 2.05) is 69.4 Å². The van der Waals surface area contributed by atoms with Crippen molar-refractivity contribution in [1.29, 1.82) is 0 Å². The van der Waals surface area contributed by atoms with Gasteiger partial charge >= 0.3 is 0 Å². The van der Waals surface area contributed by atoms with Crippen molar-refractivity contribution in [2.75, 3.05) is 0 Å². The van der Waals surface area contributed by atoms with Crippen LogP contribution in [0.5, 0.6) is 0 Å². The van der Waals surface area contributed by atoms with E-state index >= 15 is 0 Å². The van der Waals surface area contributed by atoms with E-state index in [0.717, 1.165) is 72.2 Å². The quantitative estimate of drug-likeness (QED) is 0.123. The molecule has 0 amide bonds. The third-order valence-electron chi connectivity index (χ3n) is 9.98. The second-order valence-corrected chi connectivity index (χ2v) is 21.9. The van der Waals surface area contributed by atoms with E-state index in [2.05, 4.69) is 124 Å². The normalized spacial score (nSPS) is 12.7. The number of para-hydroxylation sites is 3. The van der Waals surface area contributed by atoms with Crippen molar-refractivity contribution in [3.8, 4) is 28.3 Å². The Labute approximate surface area is 349 Å². The number of imidazole rings is 1. The van der Waals surface area contributed by atoms with Gasteiger partial charge < -0.3 is 14.0 Å². The van der Waals surface area contributed by atoms with Gasteiger partial charge in [0.1, 0.15) is 0 Å². The van der Waals surface area contributed by atoms with Crippen molar-refractivity contribution in [3.63, 3.8) is 0 Å². The maximum absolute atomic E-state index is 8.69. The molecule has 289 valence electrons. The Morgan fingerprint density at radius 3 is 2.25 bits per heavy atom. The van der Waals surface area contributed by atoms with Crippen molar-refractivity contribution in [3.05, 3.63) is 137 Å². The van der Waals surface area contributed by atoms with Crippen molar-refractivity contribution >= 4 is 46.4 Å². The van der Waals surface area contributed by atoms with Gasteiger partial charge in [-0.3, -0.25) is 4.98 Å². The van der Waals surface area contributed by atoms with Crippen molar-refractivity contribution in [2.45, 2.75) is 86.8 Å². The van der Waals surface area contributed by atoms with Crippen LogP contribution in [0.4, 0.5) is 0 Å². The molecule has 7 heteroatoms. The van der Waals surface area contributed by atoms with E-state index in [9.17, 15) is 0 Å². The SMILES string of the molecule is Cc1ccc2c(n1)oc1c(-c3nc4ccccc4n3-c3c(C)cccc3C)[c-]ccc12.[2H]C([2H])(c1cc(-c2[c-]ccc(C(C)(C)C)c2)ncc1[Si](C)(C)C)C(C)C.[Ir].